The molecule has 0 radical (unpaired) electrons. The number of para-hydroxylation sites is 2. The second kappa shape index (κ2) is 11.3. The third-order valence-electron chi connectivity index (χ3n) is 5.64. The molecule has 2 amide bonds. The Morgan fingerprint density at radius 2 is 1.66 bits per heavy atom. The van der Waals surface area contributed by atoms with E-state index in [1.165, 1.54) is 17.8 Å². The van der Waals surface area contributed by atoms with Crippen LogP contribution in [0.5, 0.6) is 0 Å². The number of hydrogen-bond donors (Lipinski definition) is 2. The molecule has 1 aromatic heterocycles. The predicted octanol–water partition coefficient (Wildman–Crippen LogP) is 8.17. The maximum Gasteiger partial charge on any atom is 0.257 e. The summed E-state index contributed by atoms with van der Waals surface area (Å²) in [7, 11) is 0. The minimum absolute atomic E-state index is 0.146. The number of aromatic nitrogens is 1. The summed E-state index contributed by atoms with van der Waals surface area (Å²) in [6.45, 7) is 1.82. The van der Waals surface area contributed by atoms with Crippen LogP contribution in [-0.4, -0.2) is 22.0 Å². The molecule has 9 heteroatoms. The Bertz CT molecular complexity index is 1600. The first-order valence-electron chi connectivity index (χ1n) is 11.7. The molecule has 1 heterocycles. The highest BCUT2D eigenvalue weighted by molar-refractivity contribution is 8.00. The molecule has 4 aromatic carbocycles. The number of nitrogens with zero attached hydrogens (tertiary/aromatic N) is 1. The topological polar surface area (TPSA) is 84.2 Å². The molecule has 0 fully saturated rings. The van der Waals surface area contributed by atoms with E-state index < -0.39 is 0 Å². The number of benzene rings is 4. The molecule has 38 heavy (non-hydrogen) atoms. The number of anilines is 2. The molecule has 5 rings (SSSR count). The highest BCUT2D eigenvalue weighted by atomic mass is 35.5. The Kier molecular flexibility index (Phi) is 7.69. The molecule has 0 aliphatic carbocycles. The van der Waals surface area contributed by atoms with E-state index in [0.717, 1.165) is 21.6 Å². The van der Waals surface area contributed by atoms with E-state index in [4.69, 9.17) is 27.6 Å². The van der Waals surface area contributed by atoms with Gasteiger partial charge in [0.1, 0.15) is 5.52 Å². The quantitative estimate of drug-likeness (QED) is 0.196. The van der Waals surface area contributed by atoms with Crippen molar-refractivity contribution in [2.24, 2.45) is 0 Å². The van der Waals surface area contributed by atoms with Crippen LogP contribution in [0.15, 0.2) is 100 Å². The molecule has 1 atom stereocenters. The molecular weight excluding hydrogens is 541 g/mol. The normalized spacial score (nSPS) is 11.8. The van der Waals surface area contributed by atoms with Crippen LogP contribution in [0.1, 0.15) is 17.3 Å². The molecule has 0 spiro atoms. The number of rotatable bonds is 7. The van der Waals surface area contributed by atoms with Crippen LogP contribution in [0.25, 0.3) is 22.6 Å². The summed E-state index contributed by atoms with van der Waals surface area (Å²) < 4.78 is 5.81. The van der Waals surface area contributed by atoms with Crippen LogP contribution in [0, 0.1) is 0 Å². The highest BCUT2D eigenvalue weighted by Gasteiger charge is 2.16. The number of carbonyl (C=O) groups is 2. The average molecular weight is 562 g/mol. The number of nitrogens with one attached hydrogen (secondary N) is 2. The van der Waals surface area contributed by atoms with Crippen LogP contribution in [0.4, 0.5) is 11.4 Å². The van der Waals surface area contributed by atoms with Crippen molar-refractivity contribution in [3.63, 3.8) is 0 Å². The lowest BCUT2D eigenvalue weighted by Gasteiger charge is -2.13. The molecule has 5 aromatic rings. The Hall–Kier alpha value is -3.78. The lowest BCUT2D eigenvalue weighted by Crippen LogP contribution is -2.22. The summed E-state index contributed by atoms with van der Waals surface area (Å²) in [5.41, 5.74) is 3.92. The van der Waals surface area contributed by atoms with E-state index in [2.05, 4.69) is 15.6 Å². The fraction of sp³-hybridized carbons (Fsp3) is 0.0690. The van der Waals surface area contributed by atoms with Crippen LogP contribution < -0.4 is 10.6 Å². The number of fused-ring (bicyclic) bond motifs is 1. The Balaban J connectivity index is 1.20. The van der Waals surface area contributed by atoms with E-state index in [9.17, 15) is 9.59 Å². The molecule has 0 saturated heterocycles. The van der Waals surface area contributed by atoms with E-state index in [0.29, 0.717) is 27.9 Å². The van der Waals surface area contributed by atoms with Crippen LogP contribution >= 0.6 is 35.0 Å². The van der Waals surface area contributed by atoms with Crippen molar-refractivity contribution in [3.05, 3.63) is 107 Å². The average Bonchev–Trinajstić information content (AvgIpc) is 3.33. The minimum atomic E-state index is -0.386. The molecule has 0 bridgehead atoms. The predicted molar refractivity (Wildman–Crippen MR) is 154 cm³/mol. The zero-order valence-electron chi connectivity index (χ0n) is 20.1. The van der Waals surface area contributed by atoms with Crippen molar-refractivity contribution in [3.8, 4) is 11.5 Å². The minimum Gasteiger partial charge on any atom is -0.436 e. The fourth-order valence-electron chi connectivity index (χ4n) is 3.71. The highest BCUT2D eigenvalue weighted by Crippen LogP contribution is 2.29. The third-order valence-corrected chi connectivity index (χ3v) is 7.28. The second-order valence-corrected chi connectivity index (χ2v) is 10.7. The van der Waals surface area contributed by atoms with Gasteiger partial charge in [-0.3, -0.25) is 9.59 Å². The van der Waals surface area contributed by atoms with Crippen molar-refractivity contribution >= 4 is 69.3 Å². The zero-order valence-corrected chi connectivity index (χ0v) is 22.4. The largest absolute Gasteiger partial charge is 0.436 e. The lowest BCUT2D eigenvalue weighted by molar-refractivity contribution is -0.115. The number of thioether (sulfide) groups is 1. The second-order valence-electron chi connectivity index (χ2n) is 8.42. The van der Waals surface area contributed by atoms with Crippen LogP contribution in [-0.2, 0) is 4.79 Å². The summed E-state index contributed by atoms with van der Waals surface area (Å²) in [5, 5.41) is 6.12. The molecule has 1 unspecified atom stereocenters. The molecule has 2 N–H and O–H groups in total. The third kappa shape index (κ3) is 6.02. The first-order chi connectivity index (χ1) is 18.4. The van der Waals surface area contributed by atoms with E-state index >= 15 is 0 Å². The molecular formula is C29H21Cl2N3O3S. The van der Waals surface area contributed by atoms with Gasteiger partial charge >= 0.3 is 0 Å². The lowest BCUT2D eigenvalue weighted by atomic mass is 10.2. The van der Waals surface area contributed by atoms with Gasteiger partial charge < -0.3 is 15.1 Å². The maximum absolute atomic E-state index is 12.8. The standard InChI is InChI=1S/C29H21Cl2N3O3S/c1-17(38-22-6-4-5-21(16-22)33-28(36)23-14-11-19(30)15-24(23)31)27(35)32-20-12-9-18(10-13-20)29-34-25-7-2-3-8-26(25)37-29/h2-17H,1H3,(H,32,35)(H,33,36). The first kappa shape index (κ1) is 25.9. The van der Waals surface area contributed by atoms with Gasteiger partial charge in [-0.15, -0.1) is 11.8 Å². The fourth-order valence-corrected chi connectivity index (χ4v) is 5.13. The Morgan fingerprint density at radius 1 is 0.868 bits per heavy atom. The Labute approximate surface area is 233 Å². The molecule has 190 valence electrons. The summed E-state index contributed by atoms with van der Waals surface area (Å²) >= 11 is 13.4. The van der Waals surface area contributed by atoms with Gasteiger partial charge in [-0.1, -0.05) is 41.4 Å². The van der Waals surface area contributed by atoms with Crippen molar-refractivity contribution < 1.29 is 14.0 Å². The summed E-state index contributed by atoms with van der Waals surface area (Å²) in [6, 6.07) is 26.9. The van der Waals surface area contributed by atoms with Crippen molar-refractivity contribution in [2.75, 3.05) is 10.6 Å². The van der Waals surface area contributed by atoms with Crippen molar-refractivity contribution in [2.45, 2.75) is 17.1 Å². The molecule has 6 nitrogen and oxygen atoms in total. The van der Waals surface area contributed by atoms with E-state index in [-0.39, 0.29) is 22.1 Å². The van der Waals surface area contributed by atoms with Crippen molar-refractivity contribution in [1.82, 2.24) is 4.98 Å². The van der Waals surface area contributed by atoms with Gasteiger partial charge in [0.05, 0.1) is 15.8 Å². The number of carbonyl (C=O) groups excluding carboxylic acids is 2. The molecule has 0 saturated carbocycles. The van der Waals surface area contributed by atoms with Gasteiger partial charge in [0.2, 0.25) is 11.8 Å². The number of halogens is 2. The summed E-state index contributed by atoms with van der Waals surface area (Å²) in [4.78, 5) is 30.8. The van der Waals surface area contributed by atoms with Gasteiger partial charge in [0.15, 0.2) is 5.58 Å². The van der Waals surface area contributed by atoms with Gasteiger partial charge in [-0.05, 0) is 79.7 Å². The SMILES string of the molecule is CC(Sc1cccc(NC(=O)c2ccc(Cl)cc2Cl)c1)C(=O)Nc1ccc(-c2nc3ccccc3o2)cc1. The maximum atomic E-state index is 12.8. The molecule has 0 aliphatic heterocycles. The van der Waals surface area contributed by atoms with E-state index in [1.54, 1.807) is 18.2 Å². The summed E-state index contributed by atoms with van der Waals surface area (Å²) in [5.74, 6) is 0.0335. The zero-order chi connectivity index (χ0) is 26.6. The Morgan fingerprint density at radius 3 is 2.42 bits per heavy atom. The summed E-state index contributed by atoms with van der Waals surface area (Å²) in [6.07, 6.45) is 0. The monoisotopic (exact) mass is 561 g/mol. The van der Waals surface area contributed by atoms with Crippen LogP contribution in [0.3, 0.4) is 0 Å². The van der Waals surface area contributed by atoms with Gasteiger partial charge in [0, 0.05) is 26.9 Å². The van der Waals surface area contributed by atoms with E-state index in [1.807, 2.05) is 73.7 Å². The first-order valence-corrected chi connectivity index (χ1v) is 13.3. The molecule has 0 aliphatic rings. The number of hydrogen-bond acceptors (Lipinski definition) is 5. The van der Waals surface area contributed by atoms with Gasteiger partial charge in [-0.2, -0.15) is 0 Å². The number of amides is 2. The van der Waals surface area contributed by atoms with Gasteiger partial charge in [0.25, 0.3) is 5.91 Å². The van der Waals surface area contributed by atoms with Gasteiger partial charge in [-0.25, -0.2) is 4.98 Å². The van der Waals surface area contributed by atoms with Crippen molar-refractivity contribution in [1.29, 1.82) is 0 Å². The number of oxazole rings is 1. The van der Waals surface area contributed by atoms with Crippen LogP contribution in [0.2, 0.25) is 10.0 Å². The smallest absolute Gasteiger partial charge is 0.257 e.